The van der Waals surface area contributed by atoms with Gasteiger partial charge in [-0.25, -0.2) is 0 Å². The van der Waals surface area contributed by atoms with E-state index in [1.807, 2.05) is 6.07 Å². The Bertz CT molecular complexity index is 1170. The van der Waals surface area contributed by atoms with Crippen LogP contribution in [-0.4, -0.2) is 48.2 Å². The zero-order valence-corrected chi connectivity index (χ0v) is 18.4. The van der Waals surface area contributed by atoms with Crippen LogP contribution in [0.4, 0.5) is 13.2 Å². The van der Waals surface area contributed by atoms with Crippen LogP contribution in [0.2, 0.25) is 0 Å². The van der Waals surface area contributed by atoms with Gasteiger partial charge in [0.15, 0.2) is 0 Å². The van der Waals surface area contributed by atoms with E-state index >= 15 is 0 Å². The largest absolute Gasteiger partial charge is 0.443 e. The molecule has 178 valence electrons. The first kappa shape index (κ1) is 23.6. The summed E-state index contributed by atoms with van der Waals surface area (Å²) in [7, 11) is 0. The van der Waals surface area contributed by atoms with E-state index in [2.05, 4.69) is 10.2 Å². The smallest absolute Gasteiger partial charge is 0.416 e. The molecule has 1 N–H and O–H groups in total. The monoisotopic (exact) mass is 472 g/mol. The zero-order chi connectivity index (χ0) is 24.3. The number of hydrogen-bond donors (Lipinski definition) is 1. The minimum Gasteiger partial charge on any atom is -0.443 e. The number of nitrogens with one attached hydrogen (secondary N) is 1. The lowest BCUT2D eigenvalue weighted by Gasteiger charge is -2.35. The minimum absolute atomic E-state index is 0.114. The third-order valence-corrected chi connectivity index (χ3v) is 5.81. The van der Waals surface area contributed by atoms with E-state index in [4.69, 9.17) is 9.15 Å². The van der Waals surface area contributed by atoms with Crippen molar-refractivity contribution in [3.63, 3.8) is 0 Å². The summed E-state index contributed by atoms with van der Waals surface area (Å²) in [6.07, 6.45) is -1.01. The molecule has 0 radical (unpaired) electrons. The predicted molar refractivity (Wildman–Crippen MR) is 116 cm³/mol. The molecule has 1 fully saturated rings. The van der Waals surface area contributed by atoms with Crippen LogP contribution in [0.15, 0.2) is 53.2 Å². The van der Waals surface area contributed by atoms with Gasteiger partial charge in [-0.15, -0.1) is 0 Å². The number of morpholine rings is 1. The maximum atomic E-state index is 13.1. The Labute approximate surface area is 194 Å². The molecule has 0 saturated carbocycles. The van der Waals surface area contributed by atoms with Crippen LogP contribution in [0.1, 0.15) is 38.9 Å². The van der Waals surface area contributed by atoms with Crippen LogP contribution in [0.5, 0.6) is 0 Å². The second-order valence-corrected chi connectivity index (χ2v) is 7.91. The standard InChI is InChI=1S/C24H23F3N4O3/c1-16-21(19(14-28)23(34-16)31-8-2-3-9-31)22(32)29-15-20(30-10-12-33-13-11-30)17-4-6-18(7-5-17)24(25,26)27/h2-9,20H,10-13,15H2,1H3,(H,29,32). The van der Waals surface area contributed by atoms with Crippen LogP contribution in [-0.2, 0) is 10.9 Å². The number of furan rings is 1. The van der Waals surface area contributed by atoms with Gasteiger partial charge in [0.05, 0.1) is 24.8 Å². The molecule has 1 aromatic carbocycles. The van der Waals surface area contributed by atoms with Gasteiger partial charge in [-0.2, -0.15) is 18.4 Å². The van der Waals surface area contributed by atoms with E-state index < -0.39 is 17.6 Å². The van der Waals surface area contributed by atoms with Crippen molar-refractivity contribution in [1.82, 2.24) is 14.8 Å². The Morgan fingerprint density at radius 1 is 1.18 bits per heavy atom. The molecule has 1 unspecified atom stereocenters. The van der Waals surface area contributed by atoms with Crippen molar-refractivity contribution in [1.29, 1.82) is 5.26 Å². The van der Waals surface area contributed by atoms with Crippen molar-refractivity contribution in [3.05, 3.63) is 76.8 Å². The van der Waals surface area contributed by atoms with Gasteiger partial charge in [0, 0.05) is 32.0 Å². The molecule has 0 bridgehead atoms. The molecular weight excluding hydrogens is 449 g/mol. The molecule has 1 aliphatic heterocycles. The number of ether oxygens (including phenoxy) is 1. The predicted octanol–water partition coefficient (Wildman–Crippen LogP) is 4.07. The van der Waals surface area contributed by atoms with Crippen molar-refractivity contribution in [2.75, 3.05) is 32.8 Å². The first-order valence-corrected chi connectivity index (χ1v) is 10.7. The molecule has 3 heterocycles. The van der Waals surface area contributed by atoms with Crippen molar-refractivity contribution in [2.24, 2.45) is 0 Å². The number of amides is 1. The van der Waals surface area contributed by atoms with Crippen LogP contribution < -0.4 is 5.32 Å². The number of benzene rings is 1. The molecule has 1 aliphatic rings. The molecule has 3 aromatic rings. The van der Waals surface area contributed by atoms with Crippen LogP contribution in [0, 0.1) is 18.3 Å². The fourth-order valence-electron chi connectivity index (χ4n) is 4.08. The molecule has 0 aliphatic carbocycles. The number of aromatic nitrogens is 1. The van der Waals surface area contributed by atoms with E-state index in [0.717, 1.165) is 12.1 Å². The summed E-state index contributed by atoms with van der Waals surface area (Å²) >= 11 is 0. The number of carbonyl (C=O) groups is 1. The molecule has 0 spiro atoms. The molecule has 1 saturated heterocycles. The summed E-state index contributed by atoms with van der Waals surface area (Å²) < 4.78 is 51.7. The Kier molecular flexibility index (Phi) is 6.77. The highest BCUT2D eigenvalue weighted by molar-refractivity contribution is 5.98. The van der Waals surface area contributed by atoms with Gasteiger partial charge in [0.25, 0.3) is 5.91 Å². The average Bonchev–Trinajstić information content (AvgIpc) is 3.47. The Balaban J connectivity index is 1.57. The van der Waals surface area contributed by atoms with Gasteiger partial charge in [-0.1, -0.05) is 12.1 Å². The summed E-state index contributed by atoms with van der Waals surface area (Å²) in [6, 6.07) is 10.2. The SMILES string of the molecule is Cc1oc(-n2cccc2)c(C#N)c1C(=O)NCC(c1ccc(C(F)(F)F)cc1)N1CCOCC1. The van der Waals surface area contributed by atoms with Gasteiger partial charge >= 0.3 is 6.18 Å². The number of hydrogen-bond acceptors (Lipinski definition) is 5. The van der Waals surface area contributed by atoms with E-state index in [-0.39, 0.29) is 29.6 Å². The summed E-state index contributed by atoms with van der Waals surface area (Å²) in [5.74, 6) is 0.0687. The van der Waals surface area contributed by atoms with Crippen LogP contribution >= 0.6 is 0 Å². The summed E-state index contributed by atoms with van der Waals surface area (Å²) in [6.45, 7) is 3.88. The van der Waals surface area contributed by atoms with E-state index in [9.17, 15) is 23.2 Å². The number of nitriles is 1. The fraction of sp³-hybridized carbons (Fsp3) is 0.333. The van der Waals surface area contributed by atoms with E-state index in [0.29, 0.717) is 37.6 Å². The molecule has 4 rings (SSSR count). The molecule has 7 nitrogen and oxygen atoms in total. The van der Waals surface area contributed by atoms with Crippen molar-refractivity contribution >= 4 is 5.91 Å². The van der Waals surface area contributed by atoms with Gasteiger partial charge in [-0.3, -0.25) is 14.3 Å². The van der Waals surface area contributed by atoms with Gasteiger partial charge < -0.3 is 14.5 Å². The fourth-order valence-corrected chi connectivity index (χ4v) is 4.08. The third-order valence-electron chi connectivity index (χ3n) is 5.81. The number of rotatable bonds is 6. The number of carbonyl (C=O) groups excluding carboxylic acids is 1. The lowest BCUT2D eigenvalue weighted by Crippen LogP contribution is -2.44. The summed E-state index contributed by atoms with van der Waals surface area (Å²) in [5, 5.41) is 12.5. The molecule has 1 atom stereocenters. The highest BCUT2D eigenvalue weighted by Gasteiger charge is 2.31. The third kappa shape index (κ3) is 4.85. The van der Waals surface area contributed by atoms with Crippen molar-refractivity contribution in [3.8, 4) is 12.0 Å². The second kappa shape index (κ2) is 9.75. The second-order valence-electron chi connectivity index (χ2n) is 7.91. The van der Waals surface area contributed by atoms with E-state index in [1.54, 1.807) is 36.0 Å². The lowest BCUT2D eigenvalue weighted by atomic mass is 10.0. The van der Waals surface area contributed by atoms with Crippen molar-refractivity contribution in [2.45, 2.75) is 19.1 Å². The first-order valence-electron chi connectivity index (χ1n) is 10.7. The summed E-state index contributed by atoms with van der Waals surface area (Å²) in [4.78, 5) is 15.2. The molecule has 34 heavy (non-hydrogen) atoms. The van der Waals surface area contributed by atoms with Gasteiger partial charge in [0.1, 0.15) is 23.0 Å². The lowest BCUT2D eigenvalue weighted by molar-refractivity contribution is -0.137. The quantitative estimate of drug-likeness (QED) is 0.585. The zero-order valence-electron chi connectivity index (χ0n) is 18.4. The summed E-state index contributed by atoms with van der Waals surface area (Å²) in [5.41, 5.74) is 0.168. The Morgan fingerprint density at radius 3 is 2.41 bits per heavy atom. The maximum Gasteiger partial charge on any atom is 0.416 e. The number of alkyl halides is 3. The highest BCUT2D eigenvalue weighted by Crippen LogP contribution is 2.31. The Hall–Kier alpha value is -3.55. The van der Waals surface area contributed by atoms with Gasteiger partial charge in [0.2, 0.25) is 5.88 Å². The van der Waals surface area contributed by atoms with E-state index in [1.165, 1.54) is 12.1 Å². The van der Waals surface area contributed by atoms with Crippen LogP contribution in [0.25, 0.3) is 5.88 Å². The Morgan fingerprint density at radius 2 is 1.82 bits per heavy atom. The van der Waals surface area contributed by atoms with Crippen molar-refractivity contribution < 1.29 is 27.1 Å². The van der Waals surface area contributed by atoms with Gasteiger partial charge in [-0.05, 0) is 36.8 Å². The molecular formula is C24H23F3N4O3. The average molecular weight is 472 g/mol. The molecule has 10 heteroatoms. The molecule has 2 aromatic heterocycles. The highest BCUT2D eigenvalue weighted by atomic mass is 19.4. The number of aryl methyl sites for hydroxylation is 1. The van der Waals surface area contributed by atoms with Crippen LogP contribution in [0.3, 0.4) is 0 Å². The number of nitrogens with zero attached hydrogens (tertiary/aromatic N) is 3. The maximum absolute atomic E-state index is 13.1. The molecule has 1 amide bonds. The normalized spacial score (nSPS) is 15.6. The first-order chi connectivity index (χ1) is 16.3. The minimum atomic E-state index is -4.43. The topological polar surface area (TPSA) is 83.4 Å². The number of halogens is 3.